The minimum atomic E-state index is -0.0635. The van der Waals surface area contributed by atoms with Gasteiger partial charge < -0.3 is 10.2 Å². The van der Waals surface area contributed by atoms with Crippen molar-refractivity contribution in [1.82, 2.24) is 30.2 Å². The summed E-state index contributed by atoms with van der Waals surface area (Å²) in [6.45, 7) is 12.1. The van der Waals surface area contributed by atoms with Crippen molar-refractivity contribution in [1.29, 1.82) is 0 Å². The highest BCUT2D eigenvalue weighted by molar-refractivity contribution is 5.96. The molecule has 186 valence electrons. The van der Waals surface area contributed by atoms with Crippen LogP contribution >= 0.6 is 0 Å². The predicted octanol–water partition coefficient (Wildman–Crippen LogP) is 3.68. The predicted molar refractivity (Wildman–Crippen MR) is 143 cm³/mol. The lowest BCUT2D eigenvalue weighted by atomic mass is 10.1. The lowest BCUT2D eigenvalue weighted by Crippen LogP contribution is -2.47. The molecule has 0 spiro atoms. The number of amides is 1. The van der Waals surface area contributed by atoms with Crippen molar-refractivity contribution in [2.75, 3.05) is 44.2 Å². The van der Waals surface area contributed by atoms with E-state index in [2.05, 4.69) is 62.5 Å². The second kappa shape index (κ2) is 10.5. The Labute approximate surface area is 211 Å². The number of nitrogens with zero attached hydrogens (tertiary/aromatic N) is 6. The number of fused-ring (bicyclic) bond motifs is 1. The molecule has 1 saturated heterocycles. The van der Waals surface area contributed by atoms with Gasteiger partial charge in [0.2, 0.25) is 0 Å². The van der Waals surface area contributed by atoms with Crippen molar-refractivity contribution in [3.63, 3.8) is 0 Å². The van der Waals surface area contributed by atoms with Crippen LogP contribution in [0.1, 0.15) is 33.5 Å². The SMILES string of the molecule is Cc1ccc(C)c(N2CCN(CCCNC(=O)c3cccc(-n4nnc5cccnc54)c3C)CC2)c1. The monoisotopic (exact) mass is 483 g/mol. The summed E-state index contributed by atoms with van der Waals surface area (Å²) < 4.78 is 1.69. The lowest BCUT2D eigenvalue weighted by Gasteiger charge is -2.37. The van der Waals surface area contributed by atoms with E-state index in [-0.39, 0.29) is 5.91 Å². The first-order valence-electron chi connectivity index (χ1n) is 12.6. The number of carbonyl (C=O) groups excluding carboxylic acids is 1. The number of aryl methyl sites for hydroxylation is 2. The van der Waals surface area contributed by atoms with Gasteiger partial charge in [0.1, 0.15) is 5.52 Å². The van der Waals surface area contributed by atoms with Crippen LogP contribution in [0, 0.1) is 20.8 Å². The van der Waals surface area contributed by atoms with Gasteiger partial charge in [-0.25, -0.2) is 4.98 Å². The Hall–Kier alpha value is -3.78. The number of rotatable bonds is 7. The zero-order valence-electron chi connectivity index (χ0n) is 21.2. The quantitative estimate of drug-likeness (QED) is 0.404. The number of benzene rings is 2. The molecule has 0 saturated carbocycles. The Morgan fingerprint density at radius 3 is 2.64 bits per heavy atom. The molecule has 0 unspecified atom stereocenters. The molecule has 1 aliphatic heterocycles. The van der Waals surface area contributed by atoms with Crippen molar-refractivity contribution in [2.24, 2.45) is 0 Å². The lowest BCUT2D eigenvalue weighted by molar-refractivity contribution is 0.0951. The van der Waals surface area contributed by atoms with Crippen molar-refractivity contribution in [2.45, 2.75) is 27.2 Å². The van der Waals surface area contributed by atoms with Crippen molar-refractivity contribution in [3.8, 4) is 5.69 Å². The van der Waals surface area contributed by atoms with Gasteiger partial charge in [0, 0.05) is 50.2 Å². The minimum absolute atomic E-state index is 0.0635. The number of anilines is 1. The fourth-order valence-electron chi connectivity index (χ4n) is 4.90. The first-order valence-corrected chi connectivity index (χ1v) is 12.6. The number of carbonyl (C=O) groups is 1. The number of piperazine rings is 1. The molecule has 2 aromatic heterocycles. The zero-order chi connectivity index (χ0) is 25.1. The molecule has 0 aliphatic carbocycles. The van der Waals surface area contributed by atoms with Crippen LogP contribution in [0.3, 0.4) is 0 Å². The molecule has 36 heavy (non-hydrogen) atoms. The molecular formula is C28H33N7O. The Morgan fingerprint density at radius 2 is 1.81 bits per heavy atom. The summed E-state index contributed by atoms with van der Waals surface area (Å²) >= 11 is 0. The number of hydrogen-bond donors (Lipinski definition) is 1. The van der Waals surface area contributed by atoms with Gasteiger partial charge in [0.05, 0.1) is 5.69 Å². The van der Waals surface area contributed by atoms with Gasteiger partial charge in [-0.05, 0) is 80.8 Å². The van der Waals surface area contributed by atoms with Crippen LogP contribution in [0.4, 0.5) is 5.69 Å². The van der Waals surface area contributed by atoms with Crippen LogP contribution in [0.15, 0.2) is 54.7 Å². The van der Waals surface area contributed by atoms with Gasteiger partial charge >= 0.3 is 0 Å². The molecule has 8 heteroatoms. The molecule has 0 bridgehead atoms. The van der Waals surface area contributed by atoms with Crippen LogP contribution in [0.25, 0.3) is 16.9 Å². The number of aromatic nitrogens is 4. The molecule has 0 radical (unpaired) electrons. The van der Waals surface area contributed by atoms with Gasteiger partial charge in [-0.3, -0.25) is 9.69 Å². The zero-order valence-corrected chi connectivity index (χ0v) is 21.2. The largest absolute Gasteiger partial charge is 0.369 e. The third kappa shape index (κ3) is 4.95. The molecule has 2 aromatic carbocycles. The maximum absolute atomic E-state index is 13.0. The smallest absolute Gasteiger partial charge is 0.251 e. The maximum atomic E-state index is 13.0. The van der Waals surface area contributed by atoms with Gasteiger partial charge in [-0.1, -0.05) is 23.4 Å². The fourth-order valence-corrected chi connectivity index (χ4v) is 4.90. The normalized spacial score (nSPS) is 14.4. The summed E-state index contributed by atoms with van der Waals surface area (Å²) in [6, 6.07) is 16.1. The van der Waals surface area contributed by atoms with E-state index in [1.54, 1.807) is 10.9 Å². The van der Waals surface area contributed by atoms with Crippen LogP contribution in [-0.2, 0) is 0 Å². The third-order valence-electron chi connectivity index (χ3n) is 7.00. The van der Waals surface area contributed by atoms with E-state index < -0.39 is 0 Å². The van der Waals surface area contributed by atoms with E-state index in [4.69, 9.17) is 0 Å². The molecular weight excluding hydrogens is 450 g/mol. The number of pyridine rings is 1. The van der Waals surface area contributed by atoms with Gasteiger partial charge in [-0.15, -0.1) is 5.10 Å². The highest BCUT2D eigenvalue weighted by Gasteiger charge is 2.19. The Bertz CT molecular complexity index is 1370. The molecule has 1 N–H and O–H groups in total. The van der Waals surface area contributed by atoms with Crippen LogP contribution in [0.2, 0.25) is 0 Å². The van der Waals surface area contributed by atoms with Gasteiger partial charge in [-0.2, -0.15) is 4.68 Å². The van der Waals surface area contributed by atoms with E-state index in [0.29, 0.717) is 17.8 Å². The standard InChI is InChI=1S/C28H33N7O/c1-20-10-11-21(2)26(19-20)34-17-15-33(16-18-34)14-6-13-30-28(36)23-7-4-9-25(22(23)3)35-27-24(31-32-35)8-5-12-29-27/h4-5,7-12,19H,6,13-18H2,1-3H3,(H,30,36). The summed E-state index contributed by atoms with van der Waals surface area (Å²) in [5, 5.41) is 11.5. The summed E-state index contributed by atoms with van der Waals surface area (Å²) in [6.07, 6.45) is 2.64. The molecule has 4 aromatic rings. The molecule has 0 atom stereocenters. The van der Waals surface area contributed by atoms with Gasteiger partial charge in [0.25, 0.3) is 5.91 Å². The maximum Gasteiger partial charge on any atom is 0.251 e. The molecule has 8 nitrogen and oxygen atoms in total. The van der Waals surface area contributed by atoms with E-state index in [1.165, 1.54) is 16.8 Å². The van der Waals surface area contributed by atoms with Crippen LogP contribution in [0.5, 0.6) is 0 Å². The second-order valence-electron chi connectivity index (χ2n) is 9.53. The van der Waals surface area contributed by atoms with E-state index in [0.717, 1.165) is 55.9 Å². The van der Waals surface area contributed by atoms with E-state index >= 15 is 0 Å². The van der Waals surface area contributed by atoms with Crippen molar-refractivity contribution in [3.05, 3.63) is 77.0 Å². The fraction of sp³-hybridized carbons (Fsp3) is 0.357. The number of nitrogens with one attached hydrogen (secondary N) is 1. The van der Waals surface area contributed by atoms with E-state index in [9.17, 15) is 4.79 Å². The summed E-state index contributed by atoms with van der Waals surface area (Å²) in [7, 11) is 0. The molecule has 5 rings (SSSR count). The highest BCUT2D eigenvalue weighted by atomic mass is 16.1. The summed E-state index contributed by atoms with van der Waals surface area (Å²) in [5.41, 5.74) is 7.71. The summed E-state index contributed by atoms with van der Waals surface area (Å²) in [5.74, 6) is -0.0635. The Morgan fingerprint density at radius 1 is 0.972 bits per heavy atom. The number of hydrogen-bond acceptors (Lipinski definition) is 6. The van der Waals surface area contributed by atoms with Crippen molar-refractivity contribution >= 4 is 22.8 Å². The Balaban J connectivity index is 1.13. The Kier molecular flexibility index (Phi) is 6.95. The second-order valence-corrected chi connectivity index (χ2v) is 9.53. The van der Waals surface area contributed by atoms with Crippen LogP contribution in [-0.4, -0.2) is 70.1 Å². The molecule has 1 amide bonds. The summed E-state index contributed by atoms with van der Waals surface area (Å²) in [4.78, 5) is 22.3. The molecule has 1 aliphatic rings. The minimum Gasteiger partial charge on any atom is -0.369 e. The van der Waals surface area contributed by atoms with Crippen LogP contribution < -0.4 is 10.2 Å². The average Bonchev–Trinajstić information content (AvgIpc) is 3.32. The van der Waals surface area contributed by atoms with Gasteiger partial charge in [0.15, 0.2) is 5.65 Å². The topological polar surface area (TPSA) is 79.2 Å². The first-order chi connectivity index (χ1) is 17.5. The molecule has 3 heterocycles. The average molecular weight is 484 g/mol. The van der Waals surface area contributed by atoms with Crippen molar-refractivity contribution < 1.29 is 4.79 Å². The molecule has 1 fully saturated rings. The highest BCUT2D eigenvalue weighted by Crippen LogP contribution is 2.23. The first kappa shape index (κ1) is 23.9. The third-order valence-corrected chi connectivity index (χ3v) is 7.00. The van der Waals surface area contributed by atoms with E-state index in [1.807, 2.05) is 37.3 Å².